The zero-order valence-electron chi connectivity index (χ0n) is 16.2. The molecular weight excluding hydrogens is 408 g/mol. The van der Waals surface area contributed by atoms with Crippen molar-refractivity contribution in [3.05, 3.63) is 58.6 Å². The van der Waals surface area contributed by atoms with Gasteiger partial charge in [0.15, 0.2) is 5.78 Å². The topological polar surface area (TPSA) is 68.3 Å². The first kappa shape index (κ1) is 21.2. The largest absolute Gasteiger partial charge is 0.385 e. The van der Waals surface area contributed by atoms with Crippen molar-refractivity contribution in [2.75, 3.05) is 19.0 Å². The summed E-state index contributed by atoms with van der Waals surface area (Å²) >= 11 is 7.84. The lowest BCUT2D eigenvalue weighted by atomic mass is 10.0. The number of hydrogen-bond donors (Lipinski definition) is 1. The van der Waals surface area contributed by atoms with E-state index in [1.807, 2.05) is 36.4 Å². The summed E-state index contributed by atoms with van der Waals surface area (Å²) in [4.78, 5) is 30.0. The van der Waals surface area contributed by atoms with Gasteiger partial charge in [0.2, 0.25) is 5.91 Å². The summed E-state index contributed by atoms with van der Waals surface area (Å²) in [5, 5.41) is 3.28. The van der Waals surface area contributed by atoms with Crippen LogP contribution in [0.5, 0.6) is 0 Å². The van der Waals surface area contributed by atoms with E-state index in [0.717, 1.165) is 21.6 Å². The fourth-order valence-electron chi connectivity index (χ4n) is 2.94. The molecule has 3 aromatic rings. The maximum absolute atomic E-state index is 12.9. The van der Waals surface area contributed by atoms with Crippen molar-refractivity contribution < 1.29 is 14.3 Å². The Bertz CT molecular complexity index is 1030. The summed E-state index contributed by atoms with van der Waals surface area (Å²) < 4.78 is 5.07. The van der Waals surface area contributed by atoms with Gasteiger partial charge >= 0.3 is 0 Å². The lowest BCUT2D eigenvalue weighted by Gasteiger charge is -2.05. The number of ether oxygens (including phenoxy) is 1. The van der Waals surface area contributed by atoms with Crippen molar-refractivity contribution >= 4 is 40.4 Å². The van der Waals surface area contributed by atoms with Crippen LogP contribution in [-0.2, 0) is 9.53 Å². The molecule has 7 heteroatoms. The third-order valence-corrected chi connectivity index (χ3v) is 5.80. The smallest absolute Gasteiger partial charge is 0.222 e. The zero-order chi connectivity index (χ0) is 20.8. The molecule has 0 fully saturated rings. The van der Waals surface area contributed by atoms with E-state index in [4.69, 9.17) is 16.3 Å². The minimum atomic E-state index is -0.188. The Morgan fingerprint density at radius 2 is 1.97 bits per heavy atom. The number of ketones is 1. The van der Waals surface area contributed by atoms with Crippen LogP contribution < -0.4 is 5.32 Å². The second-order valence-electron chi connectivity index (χ2n) is 6.46. The minimum absolute atomic E-state index is 0.0596. The molecule has 0 atom stereocenters. The standard InChI is InChI=1S/C22H21ClN2O3S/c1-14(26)25-21-12-15(9-10-24-21)20-13-17(16-6-3-4-7-18(16)23)22(29-20)19(27)8-5-11-28-2/h3-4,6-7,9-10,12-13H,5,8,11H2,1-2H3,(H,24,25,26). The molecule has 0 bridgehead atoms. The predicted octanol–water partition coefficient (Wildman–Crippen LogP) is 5.70. The van der Waals surface area contributed by atoms with Gasteiger partial charge in [-0.3, -0.25) is 9.59 Å². The van der Waals surface area contributed by atoms with Gasteiger partial charge in [-0.05, 0) is 36.2 Å². The molecule has 29 heavy (non-hydrogen) atoms. The molecule has 1 N–H and O–H groups in total. The van der Waals surface area contributed by atoms with E-state index < -0.39 is 0 Å². The van der Waals surface area contributed by atoms with Crippen molar-refractivity contribution in [2.45, 2.75) is 19.8 Å². The fraction of sp³-hybridized carbons (Fsp3) is 0.227. The number of Topliss-reactive ketones (excluding diaryl/α,β-unsaturated/α-hetero) is 1. The molecule has 2 heterocycles. The second kappa shape index (κ2) is 9.78. The molecule has 0 radical (unpaired) electrons. The number of methoxy groups -OCH3 is 1. The van der Waals surface area contributed by atoms with Crippen LogP contribution in [0.2, 0.25) is 5.02 Å². The molecule has 0 saturated carbocycles. The number of aromatic nitrogens is 1. The summed E-state index contributed by atoms with van der Waals surface area (Å²) in [7, 11) is 1.62. The van der Waals surface area contributed by atoms with Crippen LogP contribution in [0.15, 0.2) is 48.7 Å². The van der Waals surface area contributed by atoms with Gasteiger partial charge < -0.3 is 10.1 Å². The molecule has 0 spiro atoms. The van der Waals surface area contributed by atoms with E-state index >= 15 is 0 Å². The van der Waals surface area contributed by atoms with Crippen molar-refractivity contribution in [2.24, 2.45) is 0 Å². The highest BCUT2D eigenvalue weighted by atomic mass is 35.5. The summed E-state index contributed by atoms with van der Waals surface area (Å²) in [6.07, 6.45) is 2.70. The first-order valence-electron chi connectivity index (χ1n) is 9.14. The maximum Gasteiger partial charge on any atom is 0.222 e. The molecule has 1 aromatic carbocycles. The number of amides is 1. The Morgan fingerprint density at radius 1 is 1.17 bits per heavy atom. The van der Waals surface area contributed by atoms with Gasteiger partial charge in [0.05, 0.1) is 4.88 Å². The highest BCUT2D eigenvalue weighted by molar-refractivity contribution is 7.18. The van der Waals surface area contributed by atoms with Gasteiger partial charge in [-0.25, -0.2) is 4.98 Å². The normalized spacial score (nSPS) is 10.7. The van der Waals surface area contributed by atoms with Crippen LogP contribution >= 0.6 is 22.9 Å². The molecule has 0 aliphatic heterocycles. The van der Waals surface area contributed by atoms with Gasteiger partial charge in [-0.15, -0.1) is 11.3 Å². The van der Waals surface area contributed by atoms with Gasteiger partial charge in [-0.1, -0.05) is 29.8 Å². The number of hydrogen-bond acceptors (Lipinski definition) is 5. The van der Waals surface area contributed by atoms with Gasteiger partial charge in [-0.2, -0.15) is 0 Å². The van der Waals surface area contributed by atoms with E-state index in [2.05, 4.69) is 10.3 Å². The van der Waals surface area contributed by atoms with E-state index in [-0.39, 0.29) is 11.7 Å². The highest BCUT2D eigenvalue weighted by Gasteiger charge is 2.20. The molecule has 150 valence electrons. The molecule has 0 aliphatic rings. The average Bonchev–Trinajstić information content (AvgIpc) is 3.13. The van der Waals surface area contributed by atoms with Crippen LogP contribution in [0.3, 0.4) is 0 Å². The quantitative estimate of drug-likeness (QED) is 0.369. The van der Waals surface area contributed by atoms with Crippen molar-refractivity contribution in [1.82, 2.24) is 4.98 Å². The number of halogens is 1. The number of carbonyl (C=O) groups excluding carboxylic acids is 2. The Balaban J connectivity index is 2.04. The first-order valence-corrected chi connectivity index (χ1v) is 10.3. The number of anilines is 1. The number of carbonyl (C=O) groups is 2. The first-order chi connectivity index (χ1) is 14.0. The number of benzene rings is 1. The Hall–Kier alpha value is -2.54. The fourth-order valence-corrected chi connectivity index (χ4v) is 4.32. The Morgan fingerprint density at radius 3 is 2.69 bits per heavy atom. The molecule has 0 aliphatic carbocycles. The molecule has 0 saturated heterocycles. The number of pyridine rings is 1. The number of nitrogens with one attached hydrogen (secondary N) is 1. The SMILES string of the molecule is COCCCC(=O)c1sc(-c2ccnc(NC(C)=O)c2)cc1-c1ccccc1Cl. The van der Waals surface area contributed by atoms with E-state index in [1.54, 1.807) is 19.4 Å². The van der Waals surface area contributed by atoms with Crippen molar-refractivity contribution in [3.63, 3.8) is 0 Å². The third kappa shape index (κ3) is 5.29. The second-order valence-corrected chi connectivity index (χ2v) is 7.92. The van der Waals surface area contributed by atoms with Crippen LogP contribution in [-0.4, -0.2) is 30.4 Å². The number of rotatable bonds is 8. The predicted molar refractivity (Wildman–Crippen MR) is 118 cm³/mol. The van der Waals surface area contributed by atoms with Crippen LogP contribution in [0.1, 0.15) is 29.4 Å². The van der Waals surface area contributed by atoms with E-state index in [9.17, 15) is 9.59 Å². The van der Waals surface area contributed by atoms with Gasteiger partial charge in [0.1, 0.15) is 5.82 Å². The van der Waals surface area contributed by atoms with Crippen LogP contribution in [0.25, 0.3) is 21.6 Å². The van der Waals surface area contributed by atoms with Gasteiger partial charge in [0, 0.05) is 54.3 Å². The van der Waals surface area contributed by atoms with Crippen molar-refractivity contribution in [1.29, 1.82) is 0 Å². The van der Waals surface area contributed by atoms with Crippen LogP contribution in [0, 0.1) is 0 Å². The van der Waals surface area contributed by atoms with Crippen molar-refractivity contribution in [3.8, 4) is 21.6 Å². The van der Waals surface area contributed by atoms with Gasteiger partial charge in [0.25, 0.3) is 0 Å². The zero-order valence-corrected chi connectivity index (χ0v) is 17.8. The van der Waals surface area contributed by atoms with E-state index in [0.29, 0.717) is 35.2 Å². The Labute approximate surface area is 178 Å². The van der Waals surface area contributed by atoms with Crippen LogP contribution in [0.4, 0.5) is 5.82 Å². The van der Waals surface area contributed by atoms with E-state index in [1.165, 1.54) is 18.3 Å². The minimum Gasteiger partial charge on any atom is -0.385 e. The maximum atomic E-state index is 12.9. The summed E-state index contributed by atoms with van der Waals surface area (Å²) in [6.45, 7) is 1.97. The average molecular weight is 429 g/mol. The molecule has 0 unspecified atom stereocenters. The number of thiophene rings is 1. The molecule has 5 nitrogen and oxygen atoms in total. The molecule has 2 aromatic heterocycles. The highest BCUT2D eigenvalue weighted by Crippen LogP contribution is 2.40. The summed E-state index contributed by atoms with van der Waals surface area (Å²) in [5.41, 5.74) is 2.51. The molecule has 1 amide bonds. The molecular formula is C22H21ClN2O3S. The lowest BCUT2D eigenvalue weighted by molar-refractivity contribution is -0.114. The monoisotopic (exact) mass is 428 g/mol. The summed E-state index contributed by atoms with van der Waals surface area (Å²) in [6, 6.07) is 13.1. The third-order valence-electron chi connectivity index (χ3n) is 4.25. The summed E-state index contributed by atoms with van der Waals surface area (Å²) in [5.74, 6) is 0.339. The molecule has 3 rings (SSSR count). The Kier molecular flexibility index (Phi) is 7.14. The lowest BCUT2D eigenvalue weighted by Crippen LogP contribution is -2.06. The number of nitrogens with zero attached hydrogens (tertiary/aromatic N) is 1.